The number of benzene rings is 3. The maximum Gasteiger partial charge on any atom is 0.145 e. The molecular formula is C22H19N3. The molecule has 0 saturated carbocycles. The number of fused-ring (bicyclic) bond motifs is 5. The molecule has 0 spiro atoms. The van der Waals surface area contributed by atoms with E-state index in [4.69, 9.17) is 4.98 Å². The summed E-state index contributed by atoms with van der Waals surface area (Å²) in [6, 6.07) is 27.7. The van der Waals surface area contributed by atoms with Gasteiger partial charge < -0.3 is 4.90 Å². The Balaban J connectivity index is 1.89. The fourth-order valence-corrected chi connectivity index (χ4v) is 3.96. The van der Waals surface area contributed by atoms with E-state index < -0.39 is 0 Å². The number of anilines is 1. The van der Waals surface area contributed by atoms with Crippen LogP contribution in [0.5, 0.6) is 0 Å². The average Bonchev–Trinajstić information content (AvgIpc) is 3.07. The molecular weight excluding hydrogens is 306 g/mol. The van der Waals surface area contributed by atoms with Crippen molar-refractivity contribution in [2.75, 3.05) is 11.4 Å². The van der Waals surface area contributed by atoms with Crippen molar-refractivity contribution >= 4 is 16.7 Å². The van der Waals surface area contributed by atoms with E-state index in [1.165, 1.54) is 22.3 Å². The molecule has 1 aromatic heterocycles. The molecule has 0 radical (unpaired) electrons. The Labute approximate surface area is 147 Å². The van der Waals surface area contributed by atoms with Crippen LogP contribution in [0, 0.1) is 0 Å². The first-order valence-electron chi connectivity index (χ1n) is 8.76. The second kappa shape index (κ2) is 5.49. The Morgan fingerprint density at radius 3 is 2.40 bits per heavy atom. The molecule has 2 heterocycles. The Bertz CT molecular complexity index is 1050. The summed E-state index contributed by atoms with van der Waals surface area (Å²) < 4.78 is 2.39. The predicted octanol–water partition coefficient (Wildman–Crippen LogP) is 5.09. The predicted molar refractivity (Wildman–Crippen MR) is 103 cm³/mol. The first-order valence-corrected chi connectivity index (χ1v) is 8.76. The SMILES string of the molecule is CCN1c2ccccc2-c2nc3ccccc3n2C1c1ccccc1. The van der Waals surface area contributed by atoms with Crippen LogP contribution >= 0.6 is 0 Å². The van der Waals surface area contributed by atoms with Crippen molar-refractivity contribution in [3.05, 3.63) is 84.4 Å². The fourth-order valence-electron chi connectivity index (χ4n) is 3.96. The topological polar surface area (TPSA) is 21.1 Å². The molecule has 25 heavy (non-hydrogen) atoms. The lowest BCUT2D eigenvalue weighted by Crippen LogP contribution is -2.37. The Hall–Kier alpha value is -3.07. The number of hydrogen-bond acceptors (Lipinski definition) is 2. The van der Waals surface area contributed by atoms with Gasteiger partial charge in [0.05, 0.1) is 11.0 Å². The van der Waals surface area contributed by atoms with Crippen LogP contribution < -0.4 is 4.90 Å². The lowest BCUT2D eigenvalue weighted by molar-refractivity contribution is 0.556. The average molecular weight is 325 g/mol. The molecule has 1 aliphatic heterocycles. The van der Waals surface area contributed by atoms with Gasteiger partial charge in [0.25, 0.3) is 0 Å². The lowest BCUT2D eigenvalue weighted by Gasteiger charge is -2.40. The van der Waals surface area contributed by atoms with E-state index in [0.29, 0.717) is 0 Å². The Morgan fingerprint density at radius 2 is 1.56 bits per heavy atom. The molecule has 0 saturated heterocycles. The van der Waals surface area contributed by atoms with Gasteiger partial charge in [-0.25, -0.2) is 4.98 Å². The smallest absolute Gasteiger partial charge is 0.145 e. The van der Waals surface area contributed by atoms with Crippen LogP contribution in [0.15, 0.2) is 78.9 Å². The van der Waals surface area contributed by atoms with Crippen LogP contribution in [-0.2, 0) is 0 Å². The van der Waals surface area contributed by atoms with Crippen molar-refractivity contribution in [1.29, 1.82) is 0 Å². The van der Waals surface area contributed by atoms with Crippen molar-refractivity contribution < 1.29 is 0 Å². The van der Waals surface area contributed by atoms with Gasteiger partial charge in [0.15, 0.2) is 0 Å². The summed E-state index contributed by atoms with van der Waals surface area (Å²) in [5.74, 6) is 1.05. The quantitative estimate of drug-likeness (QED) is 0.512. The van der Waals surface area contributed by atoms with Gasteiger partial charge in [-0.3, -0.25) is 4.57 Å². The second-order valence-corrected chi connectivity index (χ2v) is 6.38. The second-order valence-electron chi connectivity index (χ2n) is 6.38. The molecule has 122 valence electrons. The number of aromatic nitrogens is 2. The first kappa shape index (κ1) is 14.3. The Morgan fingerprint density at radius 1 is 0.840 bits per heavy atom. The van der Waals surface area contributed by atoms with Gasteiger partial charge in [-0.1, -0.05) is 54.6 Å². The highest BCUT2D eigenvalue weighted by Gasteiger charge is 2.33. The highest BCUT2D eigenvalue weighted by Crippen LogP contribution is 2.44. The van der Waals surface area contributed by atoms with Crippen LogP contribution in [0.1, 0.15) is 18.7 Å². The normalized spacial score (nSPS) is 15.9. The third-order valence-electron chi connectivity index (χ3n) is 5.03. The van der Waals surface area contributed by atoms with Gasteiger partial charge in [0.1, 0.15) is 12.0 Å². The Kier molecular flexibility index (Phi) is 3.14. The van der Waals surface area contributed by atoms with E-state index in [2.05, 4.69) is 95.3 Å². The lowest BCUT2D eigenvalue weighted by atomic mass is 10.0. The van der Waals surface area contributed by atoms with E-state index in [1.807, 2.05) is 0 Å². The minimum Gasteiger partial charge on any atom is -0.347 e. The summed E-state index contributed by atoms with van der Waals surface area (Å²) in [6.07, 6.45) is 0.114. The minimum absolute atomic E-state index is 0.114. The summed E-state index contributed by atoms with van der Waals surface area (Å²) in [5.41, 5.74) is 5.96. The fraction of sp³-hybridized carbons (Fsp3) is 0.136. The summed E-state index contributed by atoms with van der Waals surface area (Å²) in [5, 5.41) is 0. The molecule has 1 unspecified atom stereocenters. The number of hydrogen-bond donors (Lipinski definition) is 0. The van der Waals surface area contributed by atoms with Crippen LogP contribution in [0.3, 0.4) is 0 Å². The number of para-hydroxylation sites is 3. The molecule has 5 rings (SSSR count). The molecule has 0 amide bonds. The van der Waals surface area contributed by atoms with E-state index in [9.17, 15) is 0 Å². The molecule has 1 atom stereocenters. The third-order valence-corrected chi connectivity index (χ3v) is 5.03. The molecule has 4 aromatic rings. The number of nitrogens with zero attached hydrogens (tertiary/aromatic N) is 3. The van der Waals surface area contributed by atoms with Crippen molar-refractivity contribution in [3.63, 3.8) is 0 Å². The zero-order chi connectivity index (χ0) is 16.8. The molecule has 1 aliphatic rings. The zero-order valence-corrected chi connectivity index (χ0v) is 14.1. The molecule has 0 bridgehead atoms. The molecule has 3 nitrogen and oxygen atoms in total. The summed E-state index contributed by atoms with van der Waals surface area (Å²) in [4.78, 5) is 7.44. The van der Waals surface area contributed by atoms with E-state index in [1.54, 1.807) is 0 Å². The van der Waals surface area contributed by atoms with Gasteiger partial charge in [-0.05, 0) is 36.8 Å². The summed E-state index contributed by atoms with van der Waals surface area (Å²) in [6.45, 7) is 3.15. The van der Waals surface area contributed by atoms with E-state index >= 15 is 0 Å². The largest absolute Gasteiger partial charge is 0.347 e. The highest BCUT2D eigenvalue weighted by molar-refractivity contribution is 5.87. The van der Waals surface area contributed by atoms with Crippen molar-refractivity contribution in [3.8, 4) is 11.4 Å². The van der Waals surface area contributed by atoms with Crippen LogP contribution in [0.4, 0.5) is 5.69 Å². The molecule has 3 aromatic carbocycles. The van der Waals surface area contributed by atoms with Crippen LogP contribution in [0.25, 0.3) is 22.4 Å². The molecule has 3 heteroatoms. The summed E-state index contributed by atoms with van der Waals surface area (Å²) >= 11 is 0. The molecule has 0 aliphatic carbocycles. The van der Waals surface area contributed by atoms with Crippen molar-refractivity contribution in [2.24, 2.45) is 0 Å². The van der Waals surface area contributed by atoms with Crippen molar-refractivity contribution in [2.45, 2.75) is 13.1 Å². The maximum atomic E-state index is 4.98. The van der Waals surface area contributed by atoms with Crippen LogP contribution in [0.2, 0.25) is 0 Å². The minimum atomic E-state index is 0.114. The number of imidazole rings is 1. The van der Waals surface area contributed by atoms with E-state index in [0.717, 1.165) is 17.9 Å². The standard InChI is InChI=1S/C22H19N3/c1-2-24-19-14-8-6-12-17(19)21-23-18-13-7-9-15-20(18)25(21)22(24)16-10-4-3-5-11-16/h3-15,22H,2H2,1H3. The summed E-state index contributed by atoms with van der Waals surface area (Å²) in [7, 11) is 0. The number of rotatable bonds is 2. The highest BCUT2D eigenvalue weighted by atomic mass is 15.3. The van der Waals surface area contributed by atoms with Crippen molar-refractivity contribution in [1.82, 2.24) is 9.55 Å². The maximum absolute atomic E-state index is 4.98. The van der Waals surface area contributed by atoms with Gasteiger partial charge in [0, 0.05) is 17.8 Å². The zero-order valence-electron chi connectivity index (χ0n) is 14.1. The van der Waals surface area contributed by atoms with Gasteiger partial charge >= 0.3 is 0 Å². The molecule has 0 N–H and O–H groups in total. The first-order chi connectivity index (χ1) is 12.4. The van der Waals surface area contributed by atoms with Gasteiger partial charge in [-0.2, -0.15) is 0 Å². The van der Waals surface area contributed by atoms with Gasteiger partial charge in [0.2, 0.25) is 0 Å². The van der Waals surface area contributed by atoms with Gasteiger partial charge in [-0.15, -0.1) is 0 Å². The third kappa shape index (κ3) is 2.02. The van der Waals surface area contributed by atoms with Crippen LogP contribution in [-0.4, -0.2) is 16.1 Å². The van der Waals surface area contributed by atoms with E-state index in [-0.39, 0.29) is 6.17 Å². The monoisotopic (exact) mass is 325 g/mol. The molecule has 0 fully saturated rings.